The first-order valence-electron chi connectivity index (χ1n) is 5.06. The van der Waals surface area contributed by atoms with Crippen LogP contribution >= 0.6 is 0 Å². The first-order chi connectivity index (χ1) is 7.72. The zero-order chi connectivity index (χ0) is 11.5. The van der Waals surface area contributed by atoms with Crippen molar-refractivity contribution in [3.63, 3.8) is 0 Å². The van der Waals surface area contributed by atoms with Crippen LogP contribution in [0.15, 0.2) is 12.1 Å². The average molecular weight is 223 g/mol. The SMILES string of the molecule is COc1cc2c(cc1[N+](=O)[O-])NNCCC2. The summed E-state index contributed by atoms with van der Waals surface area (Å²) in [5, 5.41) is 10.8. The van der Waals surface area contributed by atoms with E-state index >= 15 is 0 Å². The molecule has 1 aliphatic rings. The minimum Gasteiger partial charge on any atom is -0.490 e. The highest BCUT2D eigenvalue weighted by atomic mass is 16.6. The number of anilines is 1. The number of fused-ring (bicyclic) bond motifs is 1. The number of aryl methyl sites for hydroxylation is 1. The highest BCUT2D eigenvalue weighted by molar-refractivity contribution is 5.63. The molecule has 0 spiro atoms. The van der Waals surface area contributed by atoms with E-state index in [0.29, 0.717) is 5.75 Å². The minimum absolute atomic E-state index is 0.0163. The van der Waals surface area contributed by atoms with E-state index in [2.05, 4.69) is 10.9 Å². The molecule has 6 nitrogen and oxygen atoms in total. The van der Waals surface area contributed by atoms with Crippen LogP contribution in [0.3, 0.4) is 0 Å². The van der Waals surface area contributed by atoms with E-state index < -0.39 is 4.92 Å². The third kappa shape index (κ3) is 1.92. The number of benzene rings is 1. The summed E-state index contributed by atoms with van der Waals surface area (Å²) in [6.07, 6.45) is 1.87. The first kappa shape index (κ1) is 10.7. The lowest BCUT2D eigenvalue weighted by molar-refractivity contribution is -0.385. The van der Waals surface area contributed by atoms with Gasteiger partial charge in [-0.2, -0.15) is 0 Å². The molecule has 0 amide bonds. The molecule has 0 atom stereocenters. The van der Waals surface area contributed by atoms with Crippen LogP contribution in [0, 0.1) is 10.1 Å². The number of rotatable bonds is 2. The summed E-state index contributed by atoms with van der Waals surface area (Å²) in [6.45, 7) is 0.838. The molecule has 6 heteroatoms. The van der Waals surface area contributed by atoms with Gasteiger partial charge in [-0.1, -0.05) is 0 Å². The summed E-state index contributed by atoms with van der Waals surface area (Å²) in [5.41, 5.74) is 7.73. The normalized spacial score (nSPS) is 14.6. The number of nitro groups is 1. The molecule has 0 saturated carbocycles. The van der Waals surface area contributed by atoms with Crippen LogP contribution in [-0.2, 0) is 6.42 Å². The van der Waals surface area contributed by atoms with Gasteiger partial charge in [-0.3, -0.25) is 10.1 Å². The van der Waals surface area contributed by atoms with E-state index in [-0.39, 0.29) is 5.69 Å². The Balaban J connectivity index is 2.48. The molecule has 1 aromatic rings. The Morgan fingerprint density at radius 3 is 3.00 bits per heavy atom. The highest BCUT2D eigenvalue weighted by Gasteiger charge is 2.19. The van der Waals surface area contributed by atoms with E-state index in [1.54, 1.807) is 6.07 Å². The largest absolute Gasteiger partial charge is 0.490 e. The summed E-state index contributed by atoms with van der Waals surface area (Å²) in [5.74, 6) is 0.312. The van der Waals surface area contributed by atoms with E-state index in [1.165, 1.54) is 13.2 Å². The molecule has 1 heterocycles. The Morgan fingerprint density at radius 1 is 1.50 bits per heavy atom. The van der Waals surface area contributed by atoms with Gasteiger partial charge < -0.3 is 10.2 Å². The number of methoxy groups -OCH3 is 1. The van der Waals surface area contributed by atoms with Crippen molar-refractivity contribution in [3.8, 4) is 5.75 Å². The fraction of sp³-hybridized carbons (Fsp3) is 0.400. The molecule has 86 valence electrons. The number of hydrazine groups is 1. The Hall–Kier alpha value is -1.82. The maximum Gasteiger partial charge on any atom is 0.313 e. The van der Waals surface area contributed by atoms with Gasteiger partial charge in [0.15, 0.2) is 5.75 Å². The lowest BCUT2D eigenvalue weighted by Gasteiger charge is -2.09. The number of hydrogen-bond donors (Lipinski definition) is 2. The highest BCUT2D eigenvalue weighted by Crippen LogP contribution is 2.33. The van der Waals surface area contributed by atoms with Crippen molar-refractivity contribution >= 4 is 11.4 Å². The number of ether oxygens (including phenoxy) is 1. The van der Waals surface area contributed by atoms with Crippen molar-refractivity contribution < 1.29 is 9.66 Å². The van der Waals surface area contributed by atoms with Crippen LogP contribution in [0.4, 0.5) is 11.4 Å². The van der Waals surface area contributed by atoms with Crippen LogP contribution in [0.5, 0.6) is 5.75 Å². The molecule has 0 radical (unpaired) electrons. The third-order valence-electron chi connectivity index (χ3n) is 2.57. The molecule has 0 saturated heterocycles. The van der Waals surface area contributed by atoms with Crippen LogP contribution < -0.4 is 15.6 Å². The van der Waals surface area contributed by atoms with Gasteiger partial charge in [-0.05, 0) is 24.5 Å². The summed E-state index contributed by atoms with van der Waals surface area (Å²) < 4.78 is 5.02. The standard InChI is InChI=1S/C10H13N3O3/c1-16-10-5-7-3-2-4-11-12-8(7)6-9(10)13(14)15/h5-6,11-12H,2-4H2,1H3. The van der Waals surface area contributed by atoms with Gasteiger partial charge in [0.25, 0.3) is 0 Å². The molecule has 2 N–H and O–H groups in total. The van der Waals surface area contributed by atoms with Gasteiger partial charge in [0.05, 0.1) is 17.7 Å². The fourth-order valence-electron chi connectivity index (χ4n) is 1.76. The van der Waals surface area contributed by atoms with Crippen molar-refractivity contribution in [2.75, 3.05) is 19.1 Å². The molecular weight excluding hydrogens is 210 g/mol. The minimum atomic E-state index is -0.439. The monoisotopic (exact) mass is 223 g/mol. The zero-order valence-corrected chi connectivity index (χ0v) is 8.95. The van der Waals surface area contributed by atoms with Crippen LogP contribution in [-0.4, -0.2) is 18.6 Å². The topological polar surface area (TPSA) is 76.4 Å². The molecular formula is C10H13N3O3. The van der Waals surface area contributed by atoms with E-state index in [4.69, 9.17) is 4.74 Å². The average Bonchev–Trinajstić information content (AvgIpc) is 2.51. The van der Waals surface area contributed by atoms with Gasteiger partial charge in [-0.15, -0.1) is 0 Å². The predicted molar refractivity (Wildman–Crippen MR) is 59.6 cm³/mol. The van der Waals surface area contributed by atoms with Crippen molar-refractivity contribution in [1.82, 2.24) is 5.43 Å². The maximum atomic E-state index is 10.8. The smallest absolute Gasteiger partial charge is 0.313 e. The summed E-state index contributed by atoms with van der Waals surface area (Å²) in [7, 11) is 1.44. The Bertz CT molecular complexity index is 420. The maximum absolute atomic E-state index is 10.8. The number of nitro benzene ring substituents is 1. The molecule has 0 unspecified atom stereocenters. The molecule has 1 aliphatic heterocycles. The van der Waals surface area contributed by atoms with Crippen molar-refractivity contribution in [3.05, 3.63) is 27.8 Å². The molecule has 16 heavy (non-hydrogen) atoms. The van der Waals surface area contributed by atoms with Crippen LogP contribution in [0.25, 0.3) is 0 Å². The van der Waals surface area contributed by atoms with E-state index in [0.717, 1.165) is 30.6 Å². The summed E-state index contributed by atoms with van der Waals surface area (Å²) >= 11 is 0. The molecule has 0 fully saturated rings. The third-order valence-corrected chi connectivity index (χ3v) is 2.57. The van der Waals surface area contributed by atoms with Gasteiger partial charge >= 0.3 is 5.69 Å². The van der Waals surface area contributed by atoms with E-state index in [9.17, 15) is 10.1 Å². The van der Waals surface area contributed by atoms with Gasteiger partial charge in [0.2, 0.25) is 0 Å². The summed E-state index contributed by atoms with van der Waals surface area (Å²) in [6, 6.07) is 3.24. The molecule has 1 aromatic carbocycles. The second kappa shape index (κ2) is 4.36. The Kier molecular flexibility index (Phi) is 2.91. The van der Waals surface area contributed by atoms with Crippen LogP contribution in [0.1, 0.15) is 12.0 Å². The number of nitrogens with one attached hydrogen (secondary N) is 2. The molecule has 0 bridgehead atoms. The fourth-order valence-corrected chi connectivity index (χ4v) is 1.76. The number of nitrogens with zero attached hydrogens (tertiary/aromatic N) is 1. The second-order valence-electron chi connectivity index (χ2n) is 3.59. The zero-order valence-electron chi connectivity index (χ0n) is 8.95. The van der Waals surface area contributed by atoms with Gasteiger partial charge in [0, 0.05) is 12.6 Å². The Labute approximate surface area is 92.7 Å². The Morgan fingerprint density at radius 2 is 2.31 bits per heavy atom. The number of hydrogen-bond acceptors (Lipinski definition) is 5. The molecule has 0 aliphatic carbocycles. The van der Waals surface area contributed by atoms with Gasteiger partial charge in [-0.25, -0.2) is 5.43 Å². The quantitative estimate of drug-likeness (QED) is 0.586. The first-order valence-corrected chi connectivity index (χ1v) is 5.06. The van der Waals surface area contributed by atoms with Crippen molar-refractivity contribution in [1.29, 1.82) is 0 Å². The van der Waals surface area contributed by atoms with Gasteiger partial charge in [0.1, 0.15) is 0 Å². The second-order valence-corrected chi connectivity index (χ2v) is 3.59. The van der Waals surface area contributed by atoms with Crippen LogP contribution in [0.2, 0.25) is 0 Å². The molecule has 2 rings (SSSR count). The summed E-state index contributed by atoms with van der Waals surface area (Å²) in [4.78, 5) is 10.4. The van der Waals surface area contributed by atoms with E-state index in [1.807, 2.05) is 0 Å². The lowest BCUT2D eigenvalue weighted by atomic mass is 10.1. The molecule has 0 aromatic heterocycles. The lowest BCUT2D eigenvalue weighted by Crippen LogP contribution is -2.20. The van der Waals surface area contributed by atoms with Crippen molar-refractivity contribution in [2.45, 2.75) is 12.8 Å². The predicted octanol–water partition coefficient (Wildman–Crippen LogP) is 1.47. The van der Waals surface area contributed by atoms with Crippen molar-refractivity contribution in [2.24, 2.45) is 0 Å².